The normalized spacial score (nSPS) is 15.1. The van der Waals surface area contributed by atoms with E-state index in [1.54, 1.807) is 24.3 Å². The van der Waals surface area contributed by atoms with Crippen LogP contribution in [0.1, 0.15) is 43.4 Å². The lowest BCUT2D eigenvalue weighted by Gasteiger charge is -2.21. The first-order valence-electron chi connectivity index (χ1n) is 7.27. The molecule has 2 aromatic rings. The molecule has 0 bridgehead atoms. The van der Waals surface area contributed by atoms with Crippen LogP contribution in [0.3, 0.4) is 0 Å². The van der Waals surface area contributed by atoms with Gasteiger partial charge in [0.15, 0.2) is 0 Å². The zero-order chi connectivity index (χ0) is 15.9. The zero-order valence-electron chi connectivity index (χ0n) is 12.7. The molecule has 0 saturated carbocycles. The molecule has 0 aromatic heterocycles. The number of carbonyl (C=O) groups excluding carboxylic acids is 2. The standard InChI is InChI=1S/C18H18N2O2/c1-11-7-8-12(2)15(9-11)16(19)10-20-17(21)13-5-3-4-6-14(13)18(20)22/h3-9,16H,10,19H2,1-2H3. The van der Waals surface area contributed by atoms with E-state index in [-0.39, 0.29) is 24.4 Å². The van der Waals surface area contributed by atoms with Crippen molar-refractivity contribution in [1.29, 1.82) is 0 Å². The lowest BCUT2D eigenvalue weighted by atomic mass is 9.99. The summed E-state index contributed by atoms with van der Waals surface area (Å²) in [5.41, 5.74) is 10.3. The Labute approximate surface area is 129 Å². The number of rotatable bonds is 3. The molecule has 2 aromatic carbocycles. The summed E-state index contributed by atoms with van der Waals surface area (Å²) >= 11 is 0. The van der Waals surface area contributed by atoms with Gasteiger partial charge in [-0.1, -0.05) is 35.9 Å². The summed E-state index contributed by atoms with van der Waals surface area (Å²) in [7, 11) is 0. The van der Waals surface area contributed by atoms with Crippen molar-refractivity contribution >= 4 is 11.8 Å². The number of amides is 2. The molecule has 0 radical (unpaired) electrons. The predicted molar refractivity (Wildman–Crippen MR) is 84.7 cm³/mol. The fourth-order valence-corrected chi connectivity index (χ4v) is 2.86. The topological polar surface area (TPSA) is 63.4 Å². The Bertz CT molecular complexity index is 732. The predicted octanol–water partition coefficient (Wildman–Crippen LogP) is 2.60. The van der Waals surface area contributed by atoms with Gasteiger partial charge in [-0.25, -0.2) is 0 Å². The van der Waals surface area contributed by atoms with E-state index in [9.17, 15) is 9.59 Å². The summed E-state index contributed by atoms with van der Waals surface area (Å²) < 4.78 is 0. The Hall–Kier alpha value is -2.46. The minimum Gasteiger partial charge on any atom is -0.322 e. The number of hydrogen-bond donors (Lipinski definition) is 1. The molecule has 3 rings (SSSR count). The fraction of sp³-hybridized carbons (Fsp3) is 0.222. The number of nitrogens with two attached hydrogens (primary N) is 1. The third-order valence-corrected chi connectivity index (χ3v) is 4.09. The van der Waals surface area contributed by atoms with Crippen molar-refractivity contribution in [1.82, 2.24) is 4.90 Å². The van der Waals surface area contributed by atoms with Gasteiger partial charge >= 0.3 is 0 Å². The molecule has 0 spiro atoms. The van der Waals surface area contributed by atoms with E-state index in [0.717, 1.165) is 16.7 Å². The Morgan fingerprint density at radius 1 is 1.00 bits per heavy atom. The van der Waals surface area contributed by atoms with E-state index < -0.39 is 0 Å². The highest BCUT2D eigenvalue weighted by Crippen LogP contribution is 2.25. The van der Waals surface area contributed by atoms with Crippen LogP contribution in [0.25, 0.3) is 0 Å². The average molecular weight is 294 g/mol. The van der Waals surface area contributed by atoms with E-state index >= 15 is 0 Å². The largest absolute Gasteiger partial charge is 0.322 e. The Morgan fingerprint density at radius 3 is 2.18 bits per heavy atom. The maximum absolute atomic E-state index is 12.4. The third-order valence-electron chi connectivity index (χ3n) is 4.09. The molecule has 112 valence electrons. The second-order valence-electron chi connectivity index (χ2n) is 5.73. The highest BCUT2D eigenvalue weighted by atomic mass is 16.2. The highest BCUT2D eigenvalue weighted by molar-refractivity contribution is 6.21. The quantitative estimate of drug-likeness (QED) is 0.885. The average Bonchev–Trinajstić information content (AvgIpc) is 2.75. The van der Waals surface area contributed by atoms with Gasteiger partial charge in [0.05, 0.1) is 11.1 Å². The molecular formula is C18H18N2O2. The molecule has 0 fully saturated rings. The van der Waals surface area contributed by atoms with E-state index in [2.05, 4.69) is 0 Å². The van der Waals surface area contributed by atoms with Gasteiger partial charge in [0.25, 0.3) is 11.8 Å². The van der Waals surface area contributed by atoms with Crippen LogP contribution in [-0.4, -0.2) is 23.3 Å². The number of nitrogens with zero attached hydrogens (tertiary/aromatic N) is 1. The van der Waals surface area contributed by atoms with Crippen LogP contribution in [0.2, 0.25) is 0 Å². The Balaban J connectivity index is 1.87. The van der Waals surface area contributed by atoms with E-state index in [1.165, 1.54) is 4.90 Å². The van der Waals surface area contributed by atoms with Gasteiger partial charge in [-0.05, 0) is 37.1 Å². The molecule has 4 heteroatoms. The molecule has 0 aliphatic carbocycles. The van der Waals surface area contributed by atoms with Crippen molar-refractivity contribution in [2.45, 2.75) is 19.9 Å². The third kappa shape index (κ3) is 2.31. The number of aryl methyl sites for hydroxylation is 2. The minimum absolute atomic E-state index is 0.191. The summed E-state index contributed by atoms with van der Waals surface area (Å²) in [4.78, 5) is 26.0. The SMILES string of the molecule is Cc1ccc(C)c(C(N)CN2C(=O)c3ccccc3C2=O)c1. The smallest absolute Gasteiger partial charge is 0.261 e. The van der Waals surface area contributed by atoms with Crippen molar-refractivity contribution in [3.63, 3.8) is 0 Å². The lowest BCUT2D eigenvalue weighted by Crippen LogP contribution is -2.36. The number of benzene rings is 2. The molecule has 1 aliphatic heterocycles. The van der Waals surface area contributed by atoms with E-state index in [1.807, 2.05) is 32.0 Å². The molecule has 1 unspecified atom stereocenters. The monoisotopic (exact) mass is 294 g/mol. The molecule has 1 aliphatic rings. The first kappa shape index (κ1) is 14.5. The van der Waals surface area contributed by atoms with Crippen LogP contribution in [-0.2, 0) is 0 Å². The second kappa shape index (κ2) is 5.39. The van der Waals surface area contributed by atoms with Gasteiger partial charge in [-0.2, -0.15) is 0 Å². The summed E-state index contributed by atoms with van der Waals surface area (Å²) in [6, 6.07) is 12.5. The molecule has 22 heavy (non-hydrogen) atoms. The van der Waals surface area contributed by atoms with Crippen molar-refractivity contribution in [2.75, 3.05) is 6.54 Å². The Kier molecular flexibility index (Phi) is 3.54. The highest BCUT2D eigenvalue weighted by Gasteiger charge is 2.36. The molecule has 2 amide bonds. The Morgan fingerprint density at radius 2 is 1.59 bits per heavy atom. The van der Waals surface area contributed by atoms with Gasteiger partial charge in [-0.15, -0.1) is 0 Å². The summed E-state index contributed by atoms with van der Waals surface area (Å²) in [5, 5.41) is 0. The van der Waals surface area contributed by atoms with Gasteiger partial charge in [0.2, 0.25) is 0 Å². The molecule has 2 N–H and O–H groups in total. The maximum Gasteiger partial charge on any atom is 0.261 e. The molecule has 1 atom stereocenters. The fourth-order valence-electron chi connectivity index (χ4n) is 2.86. The summed E-state index contributed by atoms with van der Waals surface area (Å²) in [6.07, 6.45) is 0. The number of carbonyl (C=O) groups is 2. The van der Waals surface area contributed by atoms with Gasteiger partial charge in [0.1, 0.15) is 0 Å². The maximum atomic E-state index is 12.4. The first-order chi connectivity index (χ1) is 10.5. The molecule has 1 heterocycles. The van der Waals surface area contributed by atoms with Crippen LogP contribution in [0, 0.1) is 13.8 Å². The zero-order valence-corrected chi connectivity index (χ0v) is 12.7. The molecule has 4 nitrogen and oxygen atoms in total. The molecule has 0 saturated heterocycles. The van der Waals surface area contributed by atoms with Crippen molar-refractivity contribution in [3.05, 3.63) is 70.3 Å². The van der Waals surface area contributed by atoms with Gasteiger partial charge in [-0.3, -0.25) is 14.5 Å². The van der Waals surface area contributed by atoms with Crippen molar-refractivity contribution < 1.29 is 9.59 Å². The number of imide groups is 1. The van der Waals surface area contributed by atoms with Crippen LogP contribution < -0.4 is 5.73 Å². The number of fused-ring (bicyclic) bond motifs is 1. The van der Waals surface area contributed by atoms with Crippen molar-refractivity contribution in [3.8, 4) is 0 Å². The second-order valence-corrected chi connectivity index (χ2v) is 5.73. The lowest BCUT2D eigenvalue weighted by molar-refractivity contribution is 0.0644. The van der Waals surface area contributed by atoms with Crippen molar-refractivity contribution in [2.24, 2.45) is 5.73 Å². The van der Waals surface area contributed by atoms with Crippen LogP contribution >= 0.6 is 0 Å². The summed E-state index contributed by atoms with van der Waals surface area (Å²) in [5.74, 6) is -0.525. The number of hydrogen-bond acceptors (Lipinski definition) is 3. The van der Waals surface area contributed by atoms with E-state index in [0.29, 0.717) is 11.1 Å². The van der Waals surface area contributed by atoms with Gasteiger partial charge < -0.3 is 5.73 Å². The minimum atomic E-state index is -0.387. The van der Waals surface area contributed by atoms with Crippen LogP contribution in [0.15, 0.2) is 42.5 Å². The summed E-state index contributed by atoms with van der Waals surface area (Å²) in [6.45, 7) is 4.17. The van der Waals surface area contributed by atoms with Gasteiger partial charge in [0, 0.05) is 12.6 Å². The molecular weight excluding hydrogens is 276 g/mol. The van der Waals surface area contributed by atoms with E-state index in [4.69, 9.17) is 5.73 Å². The van der Waals surface area contributed by atoms with Crippen LogP contribution in [0.4, 0.5) is 0 Å². The first-order valence-corrected chi connectivity index (χ1v) is 7.27. The van der Waals surface area contributed by atoms with Crippen LogP contribution in [0.5, 0.6) is 0 Å².